The number of amides is 1. The highest BCUT2D eigenvalue weighted by Crippen LogP contribution is 2.30. The highest BCUT2D eigenvalue weighted by atomic mass is 16.1. The summed E-state index contributed by atoms with van der Waals surface area (Å²) in [6.07, 6.45) is 4.14. The Hall–Kier alpha value is -1.69. The van der Waals surface area contributed by atoms with Crippen molar-refractivity contribution >= 4 is 11.7 Å². The Morgan fingerprint density at radius 3 is 2.65 bits per heavy atom. The number of piperidine rings is 1. The fourth-order valence-corrected chi connectivity index (χ4v) is 3.26. The van der Waals surface area contributed by atoms with Crippen LogP contribution < -0.4 is 5.73 Å². The zero-order chi connectivity index (χ0) is 14.3. The molecule has 0 saturated carbocycles. The van der Waals surface area contributed by atoms with E-state index >= 15 is 0 Å². The van der Waals surface area contributed by atoms with Crippen molar-refractivity contribution in [3.8, 4) is 0 Å². The second-order valence-corrected chi connectivity index (χ2v) is 5.79. The van der Waals surface area contributed by atoms with Gasteiger partial charge in [0.15, 0.2) is 11.5 Å². The van der Waals surface area contributed by atoms with Gasteiger partial charge < -0.3 is 10.6 Å². The summed E-state index contributed by atoms with van der Waals surface area (Å²) in [6.45, 7) is 2.03. The number of hydrogen-bond donors (Lipinski definition) is 1. The fourth-order valence-electron chi connectivity index (χ4n) is 3.26. The number of likely N-dealkylation sites (tertiary alicyclic amines) is 1. The van der Waals surface area contributed by atoms with Gasteiger partial charge in [0.1, 0.15) is 0 Å². The Morgan fingerprint density at radius 1 is 1.30 bits per heavy atom. The van der Waals surface area contributed by atoms with E-state index in [4.69, 9.17) is 5.73 Å². The van der Waals surface area contributed by atoms with Crippen LogP contribution in [0.5, 0.6) is 0 Å². The van der Waals surface area contributed by atoms with Gasteiger partial charge in [-0.05, 0) is 45.8 Å². The second-order valence-electron chi connectivity index (χ2n) is 5.79. The van der Waals surface area contributed by atoms with Crippen molar-refractivity contribution in [2.45, 2.75) is 38.1 Å². The number of aromatic nitrogens is 2. The van der Waals surface area contributed by atoms with Crippen molar-refractivity contribution in [3.63, 3.8) is 0 Å². The molecule has 0 bridgehead atoms. The lowest BCUT2D eigenvalue weighted by Crippen LogP contribution is -2.32. The average Bonchev–Trinajstić information content (AvgIpc) is 2.81. The molecular formula is C14H20N4O2. The third-order valence-electron chi connectivity index (χ3n) is 4.37. The lowest BCUT2D eigenvalue weighted by Gasteiger charge is -2.30. The van der Waals surface area contributed by atoms with E-state index < -0.39 is 5.91 Å². The molecule has 1 aliphatic heterocycles. The van der Waals surface area contributed by atoms with E-state index in [9.17, 15) is 9.59 Å². The molecular weight excluding hydrogens is 256 g/mol. The maximum absolute atomic E-state index is 12.1. The van der Waals surface area contributed by atoms with Crippen molar-refractivity contribution in [2.24, 2.45) is 5.73 Å². The van der Waals surface area contributed by atoms with Crippen LogP contribution in [0.15, 0.2) is 0 Å². The van der Waals surface area contributed by atoms with Crippen LogP contribution in [0.1, 0.15) is 58.3 Å². The minimum Gasteiger partial charge on any atom is -0.364 e. The van der Waals surface area contributed by atoms with Crippen LogP contribution in [0.3, 0.4) is 0 Å². The van der Waals surface area contributed by atoms with Crippen LogP contribution >= 0.6 is 0 Å². The van der Waals surface area contributed by atoms with E-state index in [-0.39, 0.29) is 17.5 Å². The Kier molecular flexibility index (Phi) is 3.33. The number of primary amides is 1. The van der Waals surface area contributed by atoms with Gasteiger partial charge in [-0.3, -0.25) is 14.3 Å². The zero-order valence-electron chi connectivity index (χ0n) is 11.8. The molecule has 0 unspecified atom stereocenters. The van der Waals surface area contributed by atoms with Crippen molar-refractivity contribution < 1.29 is 9.59 Å². The van der Waals surface area contributed by atoms with E-state index in [1.54, 1.807) is 0 Å². The van der Waals surface area contributed by atoms with Crippen molar-refractivity contribution in [1.29, 1.82) is 0 Å². The van der Waals surface area contributed by atoms with Gasteiger partial charge >= 0.3 is 0 Å². The Labute approximate surface area is 117 Å². The lowest BCUT2D eigenvalue weighted by atomic mass is 9.93. The van der Waals surface area contributed by atoms with Crippen molar-refractivity contribution in [2.75, 3.05) is 20.1 Å². The molecule has 1 amide bonds. The number of nitrogens with zero attached hydrogens (tertiary/aromatic N) is 3. The molecule has 2 N–H and O–H groups in total. The third kappa shape index (κ3) is 2.14. The van der Waals surface area contributed by atoms with Crippen molar-refractivity contribution in [1.82, 2.24) is 14.7 Å². The summed E-state index contributed by atoms with van der Waals surface area (Å²) >= 11 is 0. The van der Waals surface area contributed by atoms with Gasteiger partial charge in [0.2, 0.25) is 0 Å². The number of fused-ring (bicyclic) bond motifs is 1. The van der Waals surface area contributed by atoms with E-state index in [0.29, 0.717) is 12.0 Å². The molecule has 3 rings (SSSR count). The minimum atomic E-state index is -0.594. The molecule has 1 fully saturated rings. The SMILES string of the molecule is CN1CCC(n2nc(C(N)=O)c3c2CCCC3=O)CC1. The molecule has 0 radical (unpaired) electrons. The molecule has 0 spiro atoms. The van der Waals surface area contributed by atoms with Crippen LogP contribution in [0.2, 0.25) is 0 Å². The number of rotatable bonds is 2. The maximum Gasteiger partial charge on any atom is 0.269 e. The lowest BCUT2D eigenvalue weighted by molar-refractivity contribution is 0.0948. The fraction of sp³-hybridized carbons (Fsp3) is 0.643. The topological polar surface area (TPSA) is 81.2 Å². The van der Waals surface area contributed by atoms with Gasteiger partial charge in [-0.1, -0.05) is 0 Å². The number of nitrogens with two attached hydrogens (primary N) is 1. The van der Waals surface area contributed by atoms with Crippen LogP contribution in [0.25, 0.3) is 0 Å². The number of Topliss-reactive ketones (excluding diaryl/α,β-unsaturated/α-hetero) is 1. The smallest absolute Gasteiger partial charge is 0.269 e. The van der Waals surface area contributed by atoms with Crippen LogP contribution in [-0.2, 0) is 6.42 Å². The molecule has 2 aliphatic rings. The summed E-state index contributed by atoms with van der Waals surface area (Å²) in [5.41, 5.74) is 6.97. The van der Waals surface area contributed by atoms with Crippen molar-refractivity contribution in [3.05, 3.63) is 17.0 Å². The Morgan fingerprint density at radius 2 is 2.00 bits per heavy atom. The largest absolute Gasteiger partial charge is 0.364 e. The summed E-state index contributed by atoms with van der Waals surface area (Å²) in [5, 5.41) is 4.39. The van der Waals surface area contributed by atoms with Crippen LogP contribution in [-0.4, -0.2) is 46.5 Å². The first-order chi connectivity index (χ1) is 9.58. The first-order valence-electron chi connectivity index (χ1n) is 7.21. The summed E-state index contributed by atoms with van der Waals surface area (Å²) < 4.78 is 1.92. The molecule has 1 aromatic rings. The molecule has 2 heterocycles. The summed E-state index contributed by atoms with van der Waals surface area (Å²) in [7, 11) is 2.10. The second kappa shape index (κ2) is 5.01. The van der Waals surface area contributed by atoms with Gasteiger partial charge in [-0.2, -0.15) is 5.10 Å². The molecule has 0 aromatic carbocycles. The Balaban J connectivity index is 2.01. The van der Waals surface area contributed by atoms with Crippen LogP contribution in [0, 0.1) is 0 Å². The third-order valence-corrected chi connectivity index (χ3v) is 4.37. The van der Waals surface area contributed by atoms with Gasteiger partial charge in [0.05, 0.1) is 17.3 Å². The highest BCUT2D eigenvalue weighted by molar-refractivity contribution is 6.07. The predicted molar refractivity (Wildman–Crippen MR) is 73.8 cm³/mol. The first kappa shape index (κ1) is 13.3. The first-order valence-corrected chi connectivity index (χ1v) is 7.21. The molecule has 20 heavy (non-hydrogen) atoms. The molecule has 1 aliphatic carbocycles. The number of carbonyl (C=O) groups is 2. The molecule has 0 atom stereocenters. The molecule has 6 heteroatoms. The van der Waals surface area contributed by atoms with E-state index in [1.165, 1.54) is 0 Å². The molecule has 1 aromatic heterocycles. The highest BCUT2D eigenvalue weighted by Gasteiger charge is 2.32. The van der Waals surface area contributed by atoms with Gasteiger partial charge in [-0.15, -0.1) is 0 Å². The molecule has 108 valence electrons. The number of hydrogen-bond acceptors (Lipinski definition) is 4. The summed E-state index contributed by atoms with van der Waals surface area (Å²) in [4.78, 5) is 25.9. The minimum absolute atomic E-state index is 0.0132. The normalized spacial score (nSPS) is 20.9. The molecule has 1 saturated heterocycles. The monoisotopic (exact) mass is 276 g/mol. The zero-order valence-corrected chi connectivity index (χ0v) is 11.8. The van der Waals surface area contributed by atoms with E-state index in [0.717, 1.165) is 44.5 Å². The van der Waals surface area contributed by atoms with Gasteiger partial charge in [0, 0.05) is 6.42 Å². The predicted octanol–water partition coefficient (Wildman–Crippen LogP) is 0.768. The van der Waals surface area contributed by atoms with Crippen LogP contribution in [0.4, 0.5) is 0 Å². The maximum atomic E-state index is 12.1. The average molecular weight is 276 g/mol. The number of carbonyl (C=O) groups excluding carboxylic acids is 2. The quantitative estimate of drug-likeness (QED) is 0.865. The standard InChI is InChI=1S/C14H20N4O2/c1-17-7-5-9(6-8-17)18-10-3-2-4-11(19)12(10)13(16-18)14(15)20/h9H,2-8H2,1H3,(H2,15,20). The van der Waals surface area contributed by atoms with E-state index in [2.05, 4.69) is 17.0 Å². The summed E-state index contributed by atoms with van der Waals surface area (Å²) in [6, 6.07) is 0.277. The van der Waals surface area contributed by atoms with Gasteiger partial charge in [0.25, 0.3) is 5.91 Å². The Bertz CT molecular complexity index is 556. The molecule has 6 nitrogen and oxygen atoms in total. The van der Waals surface area contributed by atoms with Gasteiger partial charge in [-0.25, -0.2) is 0 Å². The number of ketones is 1. The summed E-state index contributed by atoms with van der Waals surface area (Å²) in [5.74, 6) is -0.581. The van der Waals surface area contributed by atoms with E-state index in [1.807, 2.05) is 4.68 Å².